The van der Waals surface area contributed by atoms with Crippen LogP contribution < -0.4 is 4.74 Å². The molecule has 0 heterocycles. The fourth-order valence-electron chi connectivity index (χ4n) is 1.07. The van der Waals surface area contributed by atoms with Crippen molar-refractivity contribution in [3.05, 3.63) is 28.8 Å². The Kier molecular flexibility index (Phi) is 4.49. The summed E-state index contributed by atoms with van der Waals surface area (Å²) < 4.78 is 33.0. The van der Waals surface area contributed by atoms with Gasteiger partial charge in [0.05, 0.1) is 6.61 Å². The zero-order chi connectivity index (χ0) is 12.1. The van der Waals surface area contributed by atoms with Crippen LogP contribution in [0.2, 0.25) is 5.02 Å². The van der Waals surface area contributed by atoms with Crippen LogP contribution in [0.15, 0.2) is 18.2 Å². The molecular weight excluding hydrogens is 242 g/mol. The van der Waals surface area contributed by atoms with Gasteiger partial charge in [-0.25, -0.2) is 4.79 Å². The zero-order valence-electron chi connectivity index (χ0n) is 8.38. The Morgan fingerprint density at radius 2 is 2.19 bits per heavy atom. The predicted octanol–water partition coefficient (Wildman–Crippen LogP) is 3.12. The van der Waals surface area contributed by atoms with Crippen LogP contribution >= 0.6 is 11.6 Å². The molecule has 0 atom stereocenters. The van der Waals surface area contributed by atoms with Crippen molar-refractivity contribution in [1.29, 1.82) is 0 Å². The second-order valence-electron chi connectivity index (χ2n) is 2.74. The van der Waals surface area contributed by atoms with Crippen molar-refractivity contribution in [2.75, 3.05) is 6.61 Å². The quantitative estimate of drug-likeness (QED) is 0.770. The molecule has 3 nitrogen and oxygen atoms in total. The highest BCUT2D eigenvalue weighted by molar-refractivity contribution is 6.30. The first kappa shape index (κ1) is 12.7. The minimum Gasteiger partial charge on any atom is -0.462 e. The lowest BCUT2D eigenvalue weighted by Crippen LogP contribution is -2.10. The molecule has 1 aromatic carbocycles. The van der Waals surface area contributed by atoms with E-state index in [1.807, 2.05) is 0 Å². The van der Waals surface area contributed by atoms with Gasteiger partial charge in [0.1, 0.15) is 11.3 Å². The van der Waals surface area contributed by atoms with Gasteiger partial charge in [-0.3, -0.25) is 0 Å². The molecular formula is C10H9ClF2O3. The first-order valence-corrected chi connectivity index (χ1v) is 4.84. The van der Waals surface area contributed by atoms with Crippen molar-refractivity contribution in [3.8, 4) is 5.75 Å². The molecule has 0 amide bonds. The lowest BCUT2D eigenvalue weighted by molar-refractivity contribution is -0.0504. The maximum Gasteiger partial charge on any atom is 0.387 e. The molecule has 0 N–H and O–H groups in total. The molecule has 0 aliphatic carbocycles. The maximum atomic E-state index is 12.1. The van der Waals surface area contributed by atoms with Gasteiger partial charge in [-0.05, 0) is 25.1 Å². The average Bonchev–Trinajstić information content (AvgIpc) is 2.16. The third-order valence-corrected chi connectivity index (χ3v) is 1.89. The van der Waals surface area contributed by atoms with Crippen molar-refractivity contribution in [2.45, 2.75) is 13.5 Å². The smallest absolute Gasteiger partial charge is 0.387 e. The molecule has 0 radical (unpaired) electrons. The Morgan fingerprint density at radius 3 is 2.75 bits per heavy atom. The highest BCUT2D eigenvalue weighted by Crippen LogP contribution is 2.25. The minimum atomic E-state index is -3.02. The Balaban J connectivity index is 3.02. The topological polar surface area (TPSA) is 35.5 Å². The molecule has 1 rings (SSSR count). The largest absolute Gasteiger partial charge is 0.462 e. The highest BCUT2D eigenvalue weighted by atomic mass is 35.5. The summed E-state index contributed by atoms with van der Waals surface area (Å²) in [7, 11) is 0. The van der Waals surface area contributed by atoms with Crippen molar-refractivity contribution in [3.63, 3.8) is 0 Å². The molecule has 0 fully saturated rings. The van der Waals surface area contributed by atoms with Crippen LogP contribution in [0.25, 0.3) is 0 Å². The van der Waals surface area contributed by atoms with Crippen LogP contribution in [-0.4, -0.2) is 19.2 Å². The first-order valence-electron chi connectivity index (χ1n) is 4.46. The molecule has 0 spiro atoms. The molecule has 0 aliphatic rings. The number of halogens is 3. The van der Waals surface area contributed by atoms with E-state index in [0.29, 0.717) is 0 Å². The SMILES string of the molecule is CCOC(=O)c1ccc(Cl)cc1OC(F)F. The lowest BCUT2D eigenvalue weighted by Gasteiger charge is -2.09. The van der Waals surface area contributed by atoms with E-state index in [1.165, 1.54) is 12.1 Å². The van der Waals surface area contributed by atoms with E-state index < -0.39 is 12.6 Å². The maximum absolute atomic E-state index is 12.1. The van der Waals surface area contributed by atoms with Gasteiger partial charge in [-0.1, -0.05) is 11.6 Å². The number of hydrogen-bond acceptors (Lipinski definition) is 3. The Morgan fingerprint density at radius 1 is 1.50 bits per heavy atom. The van der Waals surface area contributed by atoms with Gasteiger partial charge >= 0.3 is 12.6 Å². The van der Waals surface area contributed by atoms with Crippen molar-refractivity contribution < 1.29 is 23.0 Å². The van der Waals surface area contributed by atoms with E-state index in [-0.39, 0.29) is 22.9 Å². The standard InChI is InChI=1S/C10H9ClF2O3/c1-2-15-9(14)7-4-3-6(11)5-8(7)16-10(12)13/h3-5,10H,2H2,1H3. The number of esters is 1. The normalized spacial score (nSPS) is 10.3. The number of benzene rings is 1. The fraction of sp³-hybridized carbons (Fsp3) is 0.300. The van der Waals surface area contributed by atoms with E-state index in [4.69, 9.17) is 11.6 Å². The molecule has 16 heavy (non-hydrogen) atoms. The molecule has 6 heteroatoms. The minimum absolute atomic E-state index is 0.0773. The number of alkyl halides is 2. The molecule has 0 aliphatic heterocycles. The highest BCUT2D eigenvalue weighted by Gasteiger charge is 2.17. The summed E-state index contributed by atoms with van der Waals surface area (Å²) >= 11 is 5.61. The average molecular weight is 251 g/mol. The number of hydrogen-bond donors (Lipinski definition) is 0. The summed E-state index contributed by atoms with van der Waals surface area (Å²) in [4.78, 5) is 11.4. The Hall–Kier alpha value is -1.36. The van der Waals surface area contributed by atoms with Crippen LogP contribution in [0.4, 0.5) is 8.78 Å². The van der Waals surface area contributed by atoms with Crippen LogP contribution in [0.3, 0.4) is 0 Å². The van der Waals surface area contributed by atoms with Crippen LogP contribution in [-0.2, 0) is 4.74 Å². The number of carbonyl (C=O) groups is 1. The molecule has 88 valence electrons. The molecule has 0 aromatic heterocycles. The fourth-order valence-corrected chi connectivity index (χ4v) is 1.23. The molecule has 0 bridgehead atoms. The van der Waals surface area contributed by atoms with Crippen molar-refractivity contribution in [1.82, 2.24) is 0 Å². The Bertz CT molecular complexity index is 382. The lowest BCUT2D eigenvalue weighted by atomic mass is 10.2. The third-order valence-electron chi connectivity index (χ3n) is 1.66. The second kappa shape index (κ2) is 5.65. The molecule has 0 unspecified atom stereocenters. The number of carbonyl (C=O) groups excluding carboxylic acids is 1. The Labute approximate surface area is 95.9 Å². The number of ether oxygens (including phenoxy) is 2. The van der Waals surface area contributed by atoms with Gasteiger partial charge in [0.25, 0.3) is 0 Å². The monoisotopic (exact) mass is 250 g/mol. The van der Waals surface area contributed by atoms with Crippen LogP contribution in [0.5, 0.6) is 5.75 Å². The number of rotatable bonds is 4. The molecule has 0 saturated carbocycles. The summed E-state index contributed by atoms with van der Waals surface area (Å²) in [5.41, 5.74) is -0.0773. The van der Waals surface area contributed by atoms with Gasteiger partial charge in [0, 0.05) is 5.02 Å². The van der Waals surface area contributed by atoms with E-state index in [1.54, 1.807) is 6.92 Å². The second-order valence-corrected chi connectivity index (χ2v) is 3.18. The van der Waals surface area contributed by atoms with Gasteiger partial charge in [0.15, 0.2) is 0 Å². The summed E-state index contributed by atoms with van der Waals surface area (Å²) in [5.74, 6) is -1.02. The van der Waals surface area contributed by atoms with Gasteiger partial charge in [-0.2, -0.15) is 8.78 Å². The van der Waals surface area contributed by atoms with E-state index in [2.05, 4.69) is 9.47 Å². The predicted molar refractivity (Wildman–Crippen MR) is 54.0 cm³/mol. The van der Waals surface area contributed by atoms with Crippen molar-refractivity contribution >= 4 is 17.6 Å². The summed E-state index contributed by atoms with van der Waals surface area (Å²) in [6, 6.07) is 3.81. The van der Waals surface area contributed by atoms with Crippen molar-refractivity contribution in [2.24, 2.45) is 0 Å². The third kappa shape index (κ3) is 3.34. The van der Waals surface area contributed by atoms with Gasteiger partial charge < -0.3 is 9.47 Å². The van der Waals surface area contributed by atoms with Crippen LogP contribution in [0.1, 0.15) is 17.3 Å². The van der Waals surface area contributed by atoms with Gasteiger partial charge in [-0.15, -0.1) is 0 Å². The van der Waals surface area contributed by atoms with Gasteiger partial charge in [0.2, 0.25) is 0 Å². The molecule has 1 aromatic rings. The summed E-state index contributed by atoms with van der Waals surface area (Å²) in [5, 5.41) is 0.198. The zero-order valence-corrected chi connectivity index (χ0v) is 9.13. The molecule has 0 saturated heterocycles. The summed E-state index contributed by atoms with van der Waals surface area (Å²) in [6.45, 7) is -1.26. The van der Waals surface area contributed by atoms with Crippen LogP contribution in [0, 0.1) is 0 Å². The van der Waals surface area contributed by atoms with E-state index >= 15 is 0 Å². The van der Waals surface area contributed by atoms with E-state index in [0.717, 1.165) is 6.07 Å². The summed E-state index contributed by atoms with van der Waals surface area (Å²) in [6.07, 6.45) is 0. The van der Waals surface area contributed by atoms with E-state index in [9.17, 15) is 13.6 Å². The first-order chi connectivity index (χ1) is 7.54.